The van der Waals surface area contributed by atoms with Crippen molar-refractivity contribution in [2.75, 3.05) is 6.54 Å². The SMILES string of the molecule is Cc1ccc(C(C)NCC=Cc2ccccc2)s1. The highest BCUT2D eigenvalue weighted by atomic mass is 32.1. The van der Waals surface area contributed by atoms with E-state index < -0.39 is 0 Å². The number of aryl methyl sites for hydroxylation is 1. The van der Waals surface area contributed by atoms with Gasteiger partial charge in [0.25, 0.3) is 0 Å². The second kappa shape index (κ2) is 6.53. The first-order chi connectivity index (χ1) is 8.75. The Hall–Kier alpha value is -1.38. The third kappa shape index (κ3) is 3.83. The second-order valence-corrected chi connectivity index (χ2v) is 5.71. The first-order valence-electron chi connectivity index (χ1n) is 6.27. The number of thiophene rings is 1. The maximum atomic E-state index is 3.51. The Balaban J connectivity index is 1.80. The molecule has 0 fully saturated rings. The summed E-state index contributed by atoms with van der Waals surface area (Å²) in [7, 11) is 0. The molecule has 1 aromatic carbocycles. The number of hydrogen-bond acceptors (Lipinski definition) is 2. The molecule has 94 valence electrons. The summed E-state index contributed by atoms with van der Waals surface area (Å²) < 4.78 is 0. The van der Waals surface area contributed by atoms with Crippen LogP contribution < -0.4 is 5.32 Å². The van der Waals surface area contributed by atoms with Crippen LogP contribution >= 0.6 is 11.3 Å². The molecule has 0 saturated carbocycles. The van der Waals surface area contributed by atoms with E-state index in [0.717, 1.165) is 6.54 Å². The van der Waals surface area contributed by atoms with Crippen LogP contribution in [0.4, 0.5) is 0 Å². The van der Waals surface area contributed by atoms with Gasteiger partial charge >= 0.3 is 0 Å². The summed E-state index contributed by atoms with van der Waals surface area (Å²) in [6, 6.07) is 15.2. The van der Waals surface area contributed by atoms with Gasteiger partial charge in [-0.3, -0.25) is 0 Å². The Morgan fingerprint density at radius 1 is 1.17 bits per heavy atom. The van der Waals surface area contributed by atoms with Gasteiger partial charge in [0.15, 0.2) is 0 Å². The van der Waals surface area contributed by atoms with Gasteiger partial charge in [0.05, 0.1) is 0 Å². The summed E-state index contributed by atoms with van der Waals surface area (Å²) in [5.74, 6) is 0. The molecular formula is C16H19NS. The van der Waals surface area contributed by atoms with Crippen molar-refractivity contribution < 1.29 is 0 Å². The van der Waals surface area contributed by atoms with Crippen LogP contribution in [0.25, 0.3) is 6.08 Å². The standard InChI is InChI=1S/C16H19NS/c1-13-10-11-16(18-13)14(2)17-12-6-9-15-7-4-3-5-8-15/h3-11,14,17H,12H2,1-2H3. The quantitative estimate of drug-likeness (QED) is 0.836. The van der Waals surface area contributed by atoms with Crippen molar-refractivity contribution in [1.82, 2.24) is 5.32 Å². The van der Waals surface area contributed by atoms with Crippen LogP contribution in [0.1, 0.15) is 28.3 Å². The molecule has 1 atom stereocenters. The molecule has 1 N–H and O–H groups in total. The van der Waals surface area contributed by atoms with Gasteiger partial charge in [-0.15, -0.1) is 11.3 Å². The van der Waals surface area contributed by atoms with Crippen molar-refractivity contribution in [2.24, 2.45) is 0 Å². The zero-order valence-corrected chi connectivity index (χ0v) is 11.7. The monoisotopic (exact) mass is 257 g/mol. The summed E-state index contributed by atoms with van der Waals surface area (Å²) in [6.07, 6.45) is 4.33. The van der Waals surface area contributed by atoms with Crippen LogP contribution in [0.2, 0.25) is 0 Å². The molecule has 0 aliphatic carbocycles. The molecule has 0 spiro atoms. The zero-order valence-electron chi connectivity index (χ0n) is 10.9. The molecule has 1 unspecified atom stereocenters. The summed E-state index contributed by atoms with van der Waals surface area (Å²) in [5, 5.41) is 3.51. The predicted molar refractivity (Wildman–Crippen MR) is 80.9 cm³/mol. The summed E-state index contributed by atoms with van der Waals surface area (Å²) in [5.41, 5.74) is 1.25. The van der Waals surface area contributed by atoms with Crippen molar-refractivity contribution in [2.45, 2.75) is 19.9 Å². The highest BCUT2D eigenvalue weighted by molar-refractivity contribution is 7.12. The normalized spacial score (nSPS) is 13.0. The van der Waals surface area contributed by atoms with Crippen LogP contribution in [-0.2, 0) is 0 Å². The fraction of sp³-hybridized carbons (Fsp3) is 0.250. The molecule has 0 amide bonds. The Labute approximate surface area is 113 Å². The third-order valence-electron chi connectivity index (χ3n) is 2.84. The van der Waals surface area contributed by atoms with E-state index in [1.54, 1.807) is 0 Å². The van der Waals surface area contributed by atoms with Gasteiger partial charge in [-0.25, -0.2) is 0 Å². The first kappa shape index (κ1) is 13.1. The lowest BCUT2D eigenvalue weighted by Crippen LogP contribution is -2.17. The topological polar surface area (TPSA) is 12.0 Å². The average molecular weight is 257 g/mol. The van der Waals surface area contributed by atoms with E-state index >= 15 is 0 Å². The van der Waals surface area contributed by atoms with Crippen molar-refractivity contribution in [3.8, 4) is 0 Å². The van der Waals surface area contributed by atoms with E-state index in [9.17, 15) is 0 Å². The van der Waals surface area contributed by atoms with Gasteiger partial charge < -0.3 is 5.32 Å². The molecule has 18 heavy (non-hydrogen) atoms. The fourth-order valence-corrected chi connectivity index (χ4v) is 2.69. The van der Waals surface area contributed by atoms with Crippen molar-refractivity contribution in [1.29, 1.82) is 0 Å². The molecule has 1 heterocycles. The van der Waals surface area contributed by atoms with E-state index in [0.29, 0.717) is 6.04 Å². The van der Waals surface area contributed by atoms with E-state index in [2.05, 4.69) is 67.7 Å². The van der Waals surface area contributed by atoms with Crippen molar-refractivity contribution in [3.05, 3.63) is 63.9 Å². The Bertz CT molecular complexity index is 499. The van der Waals surface area contributed by atoms with Gasteiger partial charge in [-0.05, 0) is 31.5 Å². The van der Waals surface area contributed by atoms with Gasteiger partial charge in [0.1, 0.15) is 0 Å². The van der Waals surface area contributed by atoms with E-state index in [1.165, 1.54) is 15.3 Å². The lowest BCUT2D eigenvalue weighted by atomic mass is 10.2. The van der Waals surface area contributed by atoms with Crippen LogP contribution in [0.3, 0.4) is 0 Å². The Kier molecular flexibility index (Phi) is 4.73. The minimum atomic E-state index is 0.420. The third-order valence-corrected chi connectivity index (χ3v) is 4.02. The highest BCUT2D eigenvalue weighted by Crippen LogP contribution is 2.21. The van der Waals surface area contributed by atoms with Crippen LogP contribution in [0, 0.1) is 6.92 Å². The lowest BCUT2D eigenvalue weighted by molar-refractivity contribution is 0.628. The van der Waals surface area contributed by atoms with Gasteiger partial charge in [0, 0.05) is 22.3 Å². The fourth-order valence-electron chi connectivity index (χ4n) is 1.79. The Morgan fingerprint density at radius 3 is 2.61 bits per heavy atom. The average Bonchev–Trinajstić information content (AvgIpc) is 2.82. The molecule has 2 rings (SSSR count). The van der Waals surface area contributed by atoms with Crippen LogP contribution in [0.15, 0.2) is 48.5 Å². The molecule has 2 heteroatoms. The number of nitrogens with one attached hydrogen (secondary N) is 1. The molecule has 2 aromatic rings. The van der Waals surface area contributed by atoms with Crippen molar-refractivity contribution in [3.63, 3.8) is 0 Å². The second-order valence-electron chi connectivity index (χ2n) is 4.39. The summed E-state index contributed by atoms with van der Waals surface area (Å²) in [4.78, 5) is 2.78. The van der Waals surface area contributed by atoms with Crippen LogP contribution in [0.5, 0.6) is 0 Å². The minimum absolute atomic E-state index is 0.420. The largest absolute Gasteiger partial charge is 0.306 e. The highest BCUT2D eigenvalue weighted by Gasteiger charge is 2.05. The molecule has 1 aromatic heterocycles. The molecule has 0 aliphatic rings. The molecule has 0 aliphatic heterocycles. The number of rotatable bonds is 5. The lowest BCUT2D eigenvalue weighted by Gasteiger charge is -2.09. The molecular weight excluding hydrogens is 238 g/mol. The van der Waals surface area contributed by atoms with Crippen molar-refractivity contribution >= 4 is 17.4 Å². The maximum absolute atomic E-state index is 3.51. The number of benzene rings is 1. The van der Waals surface area contributed by atoms with E-state index in [-0.39, 0.29) is 0 Å². The molecule has 0 saturated heterocycles. The van der Waals surface area contributed by atoms with E-state index in [1.807, 2.05) is 17.4 Å². The maximum Gasteiger partial charge on any atom is 0.0388 e. The van der Waals surface area contributed by atoms with Gasteiger partial charge in [-0.2, -0.15) is 0 Å². The zero-order chi connectivity index (χ0) is 12.8. The summed E-state index contributed by atoms with van der Waals surface area (Å²) >= 11 is 1.86. The predicted octanol–water partition coefficient (Wildman–Crippen LogP) is 4.42. The molecule has 0 radical (unpaired) electrons. The number of hydrogen-bond donors (Lipinski definition) is 1. The summed E-state index contributed by atoms with van der Waals surface area (Å²) in [6.45, 7) is 5.25. The van der Waals surface area contributed by atoms with Crippen LogP contribution in [-0.4, -0.2) is 6.54 Å². The molecule has 0 bridgehead atoms. The first-order valence-corrected chi connectivity index (χ1v) is 7.08. The van der Waals surface area contributed by atoms with Gasteiger partial charge in [-0.1, -0.05) is 42.5 Å². The van der Waals surface area contributed by atoms with Gasteiger partial charge in [0.2, 0.25) is 0 Å². The smallest absolute Gasteiger partial charge is 0.0388 e. The van der Waals surface area contributed by atoms with E-state index in [4.69, 9.17) is 0 Å². The molecule has 1 nitrogen and oxygen atoms in total. The minimum Gasteiger partial charge on any atom is -0.306 e. The Morgan fingerprint density at radius 2 is 1.94 bits per heavy atom.